The number of hydrogen-bond acceptors (Lipinski definition) is 4. The summed E-state index contributed by atoms with van der Waals surface area (Å²) in [5, 5.41) is 4.53. The summed E-state index contributed by atoms with van der Waals surface area (Å²) in [7, 11) is 0. The summed E-state index contributed by atoms with van der Waals surface area (Å²) in [6, 6.07) is 63.3. The molecule has 0 unspecified atom stereocenters. The highest BCUT2D eigenvalue weighted by Crippen LogP contribution is 2.49. The van der Waals surface area contributed by atoms with Gasteiger partial charge in [-0.25, -0.2) is 15.0 Å². The molecular weight excluding hydrogens is 661 g/mol. The predicted octanol–water partition coefficient (Wildman–Crippen LogP) is 12.6. The fourth-order valence-electron chi connectivity index (χ4n) is 7.94. The molecule has 0 aliphatic carbocycles. The van der Waals surface area contributed by atoms with E-state index in [4.69, 9.17) is 19.7 Å². The number of aromatic nitrogens is 4. The highest BCUT2D eigenvalue weighted by molar-refractivity contribution is 6.12. The van der Waals surface area contributed by atoms with Crippen LogP contribution in [-0.2, 0) is 0 Å². The Labute approximate surface area is 311 Å². The molecule has 5 heteroatoms. The molecule has 0 atom stereocenters. The van der Waals surface area contributed by atoms with Crippen molar-refractivity contribution < 1.29 is 4.74 Å². The summed E-state index contributed by atoms with van der Waals surface area (Å²) in [6.45, 7) is 0. The summed E-state index contributed by atoms with van der Waals surface area (Å²) in [5.74, 6) is 3.55. The van der Waals surface area contributed by atoms with E-state index in [1.807, 2.05) is 66.7 Å². The van der Waals surface area contributed by atoms with Gasteiger partial charge in [0, 0.05) is 44.1 Å². The minimum absolute atomic E-state index is 0.619. The Balaban J connectivity index is 1.06. The Bertz CT molecular complexity index is 3010. The standard InChI is InChI=1S/C49H30N4O/c1-4-13-31(14-5-1)47-50-48(32-15-6-2-7-16-32)52-49(51-47)39-25-28-45-46-37(39)20-12-21-38(46)41-30-34(24-27-44(41)54-45)33-23-26-43-40(29-33)36-19-10-11-22-42(36)53(43)35-17-8-3-9-18-35/h1-30H. The van der Waals surface area contributed by atoms with Crippen molar-refractivity contribution in [2.24, 2.45) is 0 Å². The van der Waals surface area contributed by atoms with Crippen LogP contribution in [0, 0.1) is 0 Å². The second kappa shape index (κ2) is 12.1. The van der Waals surface area contributed by atoms with Crippen LogP contribution in [0.1, 0.15) is 0 Å². The third-order valence-corrected chi connectivity index (χ3v) is 10.5. The molecule has 0 radical (unpaired) electrons. The average molecular weight is 691 g/mol. The molecule has 0 fully saturated rings. The Morgan fingerprint density at radius 1 is 0.352 bits per heavy atom. The molecule has 54 heavy (non-hydrogen) atoms. The third-order valence-electron chi connectivity index (χ3n) is 10.5. The maximum Gasteiger partial charge on any atom is 0.164 e. The van der Waals surface area contributed by atoms with E-state index in [1.165, 1.54) is 21.8 Å². The number of nitrogens with zero attached hydrogens (tertiary/aromatic N) is 4. The van der Waals surface area contributed by atoms with Crippen molar-refractivity contribution in [3.63, 3.8) is 0 Å². The molecule has 1 aliphatic rings. The number of para-hydroxylation sites is 2. The van der Waals surface area contributed by atoms with Crippen LogP contribution < -0.4 is 4.74 Å². The topological polar surface area (TPSA) is 52.8 Å². The molecule has 5 nitrogen and oxygen atoms in total. The fourth-order valence-corrected chi connectivity index (χ4v) is 7.94. The Hall–Kier alpha value is -7.37. The molecule has 0 saturated heterocycles. The lowest BCUT2D eigenvalue weighted by Gasteiger charge is -2.23. The Morgan fingerprint density at radius 3 is 1.70 bits per heavy atom. The zero-order valence-electron chi connectivity index (χ0n) is 29.0. The molecule has 11 rings (SSSR count). The number of benzene rings is 8. The number of fused-ring (bicyclic) bond motifs is 5. The molecule has 0 spiro atoms. The van der Waals surface area contributed by atoms with Gasteiger partial charge in [0.15, 0.2) is 17.5 Å². The molecule has 0 amide bonds. The van der Waals surface area contributed by atoms with Gasteiger partial charge in [-0.2, -0.15) is 0 Å². The van der Waals surface area contributed by atoms with E-state index in [-0.39, 0.29) is 0 Å². The number of hydrogen-bond donors (Lipinski definition) is 0. The van der Waals surface area contributed by atoms with E-state index in [9.17, 15) is 0 Å². The van der Waals surface area contributed by atoms with Crippen molar-refractivity contribution >= 4 is 32.6 Å². The molecule has 0 N–H and O–H groups in total. The first-order valence-electron chi connectivity index (χ1n) is 18.1. The van der Waals surface area contributed by atoms with Gasteiger partial charge in [0.25, 0.3) is 0 Å². The predicted molar refractivity (Wildman–Crippen MR) is 219 cm³/mol. The van der Waals surface area contributed by atoms with Crippen molar-refractivity contribution in [2.75, 3.05) is 0 Å². The lowest BCUT2D eigenvalue weighted by Crippen LogP contribution is -2.02. The summed E-state index contributed by atoms with van der Waals surface area (Å²) in [6.07, 6.45) is 0. The molecular formula is C49H30N4O. The molecule has 0 bridgehead atoms. The van der Waals surface area contributed by atoms with Gasteiger partial charge in [0.1, 0.15) is 11.5 Å². The number of rotatable bonds is 5. The van der Waals surface area contributed by atoms with Crippen LogP contribution in [0.2, 0.25) is 0 Å². The fraction of sp³-hybridized carbons (Fsp3) is 0. The molecule has 252 valence electrons. The van der Waals surface area contributed by atoms with Gasteiger partial charge in [0.2, 0.25) is 0 Å². The van der Waals surface area contributed by atoms with Gasteiger partial charge >= 0.3 is 0 Å². The van der Waals surface area contributed by atoms with Gasteiger partial charge in [-0.1, -0.05) is 127 Å². The summed E-state index contributed by atoms with van der Waals surface area (Å²) < 4.78 is 8.99. The van der Waals surface area contributed by atoms with E-state index >= 15 is 0 Å². The first-order valence-corrected chi connectivity index (χ1v) is 18.1. The van der Waals surface area contributed by atoms with E-state index in [0.29, 0.717) is 17.5 Å². The van der Waals surface area contributed by atoms with Gasteiger partial charge in [-0.15, -0.1) is 0 Å². The van der Waals surface area contributed by atoms with Crippen LogP contribution in [-0.4, -0.2) is 19.5 Å². The van der Waals surface area contributed by atoms with Crippen LogP contribution in [0.3, 0.4) is 0 Å². The highest BCUT2D eigenvalue weighted by atomic mass is 16.5. The summed E-state index contributed by atoms with van der Waals surface area (Å²) in [4.78, 5) is 15.0. The highest BCUT2D eigenvalue weighted by Gasteiger charge is 2.24. The van der Waals surface area contributed by atoms with Gasteiger partial charge < -0.3 is 9.30 Å². The zero-order chi connectivity index (χ0) is 35.6. The van der Waals surface area contributed by atoms with Crippen molar-refractivity contribution in [1.29, 1.82) is 0 Å². The van der Waals surface area contributed by atoms with Crippen LogP contribution in [0.15, 0.2) is 182 Å². The Morgan fingerprint density at radius 2 is 0.944 bits per heavy atom. The molecule has 8 aromatic carbocycles. The minimum atomic E-state index is 0.619. The van der Waals surface area contributed by atoms with E-state index < -0.39 is 0 Å². The Kier molecular flexibility index (Phi) is 6.79. The van der Waals surface area contributed by atoms with Crippen LogP contribution in [0.25, 0.3) is 94.7 Å². The van der Waals surface area contributed by atoms with Crippen LogP contribution >= 0.6 is 0 Å². The van der Waals surface area contributed by atoms with Crippen molar-refractivity contribution in [1.82, 2.24) is 19.5 Å². The van der Waals surface area contributed by atoms with E-state index in [1.54, 1.807) is 0 Å². The smallest absolute Gasteiger partial charge is 0.164 e. The third kappa shape index (κ3) is 4.83. The SMILES string of the molecule is c1ccc(-c2nc(-c3ccccc3)nc(-c3ccc4c5c(cccc35)-c3cc(-c5ccc6c(c5)c5ccccc5n6-c5ccccc5)ccc3O4)n2)cc1. The largest absolute Gasteiger partial charge is 0.456 e. The van der Waals surface area contributed by atoms with Crippen molar-refractivity contribution in [3.8, 4) is 73.6 Å². The quantitative estimate of drug-likeness (QED) is 0.180. The van der Waals surface area contributed by atoms with Gasteiger partial charge in [-0.05, 0) is 76.7 Å². The normalized spacial score (nSPS) is 11.9. The molecule has 3 heterocycles. The first kappa shape index (κ1) is 30.3. The second-order valence-corrected chi connectivity index (χ2v) is 13.6. The van der Waals surface area contributed by atoms with Gasteiger partial charge in [0.05, 0.1) is 11.0 Å². The monoisotopic (exact) mass is 690 g/mol. The summed E-state index contributed by atoms with van der Waals surface area (Å²) in [5.41, 5.74) is 10.8. The van der Waals surface area contributed by atoms with Crippen LogP contribution in [0.4, 0.5) is 0 Å². The van der Waals surface area contributed by atoms with Crippen molar-refractivity contribution in [2.45, 2.75) is 0 Å². The second-order valence-electron chi connectivity index (χ2n) is 13.6. The average Bonchev–Trinajstić information content (AvgIpc) is 3.58. The van der Waals surface area contributed by atoms with E-state index in [2.05, 4.69) is 120 Å². The van der Waals surface area contributed by atoms with E-state index in [0.717, 1.165) is 66.9 Å². The van der Waals surface area contributed by atoms with Crippen molar-refractivity contribution in [3.05, 3.63) is 182 Å². The maximum atomic E-state index is 6.64. The van der Waals surface area contributed by atoms with Gasteiger partial charge in [-0.3, -0.25) is 0 Å². The molecule has 1 aliphatic heterocycles. The molecule has 2 aromatic heterocycles. The summed E-state index contributed by atoms with van der Waals surface area (Å²) >= 11 is 0. The lowest BCUT2D eigenvalue weighted by molar-refractivity contribution is 0.487. The molecule has 10 aromatic rings. The zero-order valence-corrected chi connectivity index (χ0v) is 29.0. The maximum absolute atomic E-state index is 6.64. The lowest BCUT2D eigenvalue weighted by atomic mass is 9.90. The number of ether oxygens (including phenoxy) is 1. The van der Waals surface area contributed by atoms with Crippen LogP contribution in [0.5, 0.6) is 11.5 Å². The minimum Gasteiger partial charge on any atom is -0.456 e. The molecule has 0 saturated carbocycles. The first-order chi connectivity index (χ1) is 26.8.